The van der Waals surface area contributed by atoms with Crippen LogP contribution in [0.15, 0.2) is 59.8 Å². The SMILES string of the molecule is N#Cc1ccc(C2C3=C(CCCC3=O)N(c3cccc(C(F)(F)F)c3)C(=O)N2CC(=O)N2CCN3C(=O)CCCC3C2)cc1. The topological polar surface area (TPSA) is 105 Å². The van der Waals surface area contributed by atoms with Crippen LogP contribution in [0.3, 0.4) is 0 Å². The summed E-state index contributed by atoms with van der Waals surface area (Å²) < 4.78 is 41.1. The number of benzene rings is 2. The largest absolute Gasteiger partial charge is 0.416 e. The van der Waals surface area contributed by atoms with Crippen molar-refractivity contribution in [3.05, 3.63) is 76.5 Å². The van der Waals surface area contributed by atoms with Gasteiger partial charge in [-0.2, -0.15) is 18.4 Å². The molecule has 228 valence electrons. The van der Waals surface area contributed by atoms with Crippen LogP contribution in [0.4, 0.5) is 23.7 Å². The van der Waals surface area contributed by atoms with E-state index in [9.17, 15) is 37.6 Å². The first-order valence-electron chi connectivity index (χ1n) is 14.7. The summed E-state index contributed by atoms with van der Waals surface area (Å²) in [6.45, 7) is 0.559. The number of nitrogens with zero attached hydrogens (tertiary/aromatic N) is 5. The van der Waals surface area contributed by atoms with E-state index in [1.54, 1.807) is 34.1 Å². The number of piperidine rings is 1. The number of fused-ring (bicyclic) bond motifs is 1. The minimum Gasteiger partial charge on any atom is -0.337 e. The molecule has 2 saturated heterocycles. The zero-order valence-electron chi connectivity index (χ0n) is 23.8. The molecule has 0 bridgehead atoms. The molecule has 2 atom stereocenters. The fraction of sp³-hybridized carbons (Fsp3) is 0.406. The minimum atomic E-state index is -4.65. The van der Waals surface area contributed by atoms with Crippen molar-refractivity contribution >= 4 is 29.3 Å². The van der Waals surface area contributed by atoms with E-state index in [0.717, 1.165) is 29.9 Å². The van der Waals surface area contributed by atoms with E-state index in [0.29, 0.717) is 42.8 Å². The Bertz CT molecular complexity index is 1600. The number of carbonyl (C=O) groups excluding carboxylic acids is 4. The molecule has 2 aromatic rings. The summed E-state index contributed by atoms with van der Waals surface area (Å²) >= 11 is 0. The second-order valence-electron chi connectivity index (χ2n) is 11.5. The van der Waals surface area contributed by atoms with Gasteiger partial charge < -0.3 is 14.7 Å². The molecule has 4 amide bonds. The smallest absolute Gasteiger partial charge is 0.337 e. The van der Waals surface area contributed by atoms with Crippen LogP contribution in [0.5, 0.6) is 0 Å². The Labute approximate surface area is 252 Å². The predicted octanol–water partition coefficient (Wildman–Crippen LogP) is 4.79. The summed E-state index contributed by atoms with van der Waals surface area (Å²) in [6, 6.07) is 11.0. The van der Waals surface area contributed by atoms with E-state index in [1.165, 1.54) is 17.0 Å². The summed E-state index contributed by atoms with van der Waals surface area (Å²) in [5.74, 6) is -0.574. The van der Waals surface area contributed by atoms with Crippen LogP contribution in [0.25, 0.3) is 0 Å². The summed E-state index contributed by atoms with van der Waals surface area (Å²) in [6.07, 6.45) is -1.78. The molecule has 1 aliphatic carbocycles. The van der Waals surface area contributed by atoms with Gasteiger partial charge in [0.2, 0.25) is 11.8 Å². The van der Waals surface area contributed by atoms with Gasteiger partial charge in [0.05, 0.1) is 28.9 Å². The summed E-state index contributed by atoms with van der Waals surface area (Å²) in [4.78, 5) is 60.0. The average molecular weight is 606 g/mol. The molecule has 0 spiro atoms. The molecule has 4 aliphatic rings. The molecule has 0 radical (unpaired) electrons. The van der Waals surface area contributed by atoms with E-state index < -0.39 is 30.4 Å². The molecular formula is C32H30F3N5O4. The fourth-order valence-corrected chi connectivity index (χ4v) is 6.77. The molecular weight excluding hydrogens is 575 g/mol. The number of rotatable bonds is 4. The van der Waals surface area contributed by atoms with Crippen molar-refractivity contribution in [2.24, 2.45) is 0 Å². The number of anilines is 1. The van der Waals surface area contributed by atoms with Crippen LogP contribution in [0.1, 0.15) is 61.3 Å². The standard InChI is InChI=1S/C32H30F3N5O4/c33-32(34,35)22-4-1-5-23(16-22)40-25-7-3-8-26(41)29(25)30(21-12-10-20(17-36)11-13-21)39(31(40)44)19-28(43)37-14-15-38-24(18-37)6-2-9-27(38)42/h1,4-5,10-13,16,24,30H,2-3,6-9,14-15,18-19H2. The maximum absolute atomic E-state index is 14.4. The molecule has 9 nitrogen and oxygen atoms in total. The second-order valence-corrected chi connectivity index (χ2v) is 11.5. The molecule has 3 heterocycles. The van der Waals surface area contributed by atoms with Crippen LogP contribution in [0.2, 0.25) is 0 Å². The van der Waals surface area contributed by atoms with Gasteiger partial charge in [0.25, 0.3) is 0 Å². The molecule has 0 aromatic heterocycles. The first-order chi connectivity index (χ1) is 21.1. The first kappa shape index (κ1) is 29.4. The summed E-state index contributed by atoms with van der Waals surface area (Å²) in [5, 5.41) is 9.33. The van der Waals surface area contributed by atoms with Crippen LogP contribution in [-0.4, -0.2) is 70.5 Å². The quantitative estimate of drug-likeness (QED) is 0.499. The first-order valence-corrected chi connectivity index (χ1v) is 14.7. The monoisotopic (exact) mass is 605 g/mol. The third-order valence-corrected chi connectivity index (χ3v) is 8.90. The number of alkyl halides is 3. The van der Waals surface area contributed by atoms with Gasteiger partial charge in [-0.3, -0.25) is 19.3 Å². The van der Waals surface area contributed by atoms with Crippen molar-refractivity contribution in [2.45, 2.75) is 56.8 Å². The van der Waals surface area contributed by atoms with Crippen molar-refractivity contribution < 1.29 is 32.3 Å². The van der Waals surface area contributed by atoms with Crippen molar-refractivity contribution in [2.75, 3.05) is 31.1 Å². The lowest BCUT2D eigenvalue weighted by Crippen LogP contribution is -2.60. The van der Waals surface area contributed by atoms with Gasteiger partial charge in [0, 0.05) is 49.8 Å². The Morgan fingerprint density at radius 3 is 2.48 bits per heavy atom. The lowest BCUT2D eigenvalue weighted by atomic mass is 9.83. The van der Waals surface area contributed by atoms with Gasteiger partial charge >= 0.3 is 12.2 Å². The van der Waals surface area contributed by atoms with Crippen molar-refractivity contribution in [3.63, 3.8) is 0 Å². The normalized spacial score (nSPS) is 22.5. The highest BCUT2D eigenvalue weighted by atomic mass is 19.4. The molecule has 2 unspecified atom stereocenters. The van der Waals surface area contributed by atoms with Gasteiger partial charge in [0.1, 0.15) is 6.54 Å². The highest BCUT2D eigenvalue weighted by molar-refractivity contribution is 6.07. The van der Waals surface area contributed by atoms with Gasteiger partial charge in [-0.05, 0) is 61.6 Å². The fourth-order valence-electron chi connectivity index (χ4n) is 6.77. The van der Waals surface area contributed by atoms with Crippen LogP contribution >= 0.6 is 0 Å². The molecule has 12 heteroatoms. The van der Waals surface area contributed by atoms with Gasteiger partial charge in [-0.15, -0.1) is 0 Å². The number of urea groups is 1. The zero-order chi connectivity index (χ0) is 31.2. The molecule has 44 heavy (non-hydrogen) atoms. The van der Waals surface area contributed by atoms with E-state index >= 15 is 0 Å². The molecule has 3 aliphatic heterocycles. The van der Waals surface area contributed by atoms with Crippen LogP contribution in [0, 0.1) is 11.3 Å². The van der Waals surface area contributed by atoms with E-state index in [4.69, 9.17) is 0 Å². The number of nitriles is 1. The number of amides is 4. The highest BCUT2D eigenvalue weighted by Crippen LogP contribution is 2.45. The maximum Gasteiger partial charge on any atom is 0.416 e. The van der Waals surface area contributed by atoms with E-state index in [1.807, 2.05) is 6.07 Å². The van der Waals surface area contributed by atoms with Crippen molar-refractivity contribution in [1.82, 2.24) is 14.7 Å². The average Bonchev–Trinajstić information content (AvgIpc) is 3.01. The van der Waals surface area contributed by atoms with Gasteiger partial charge in [-0.25, -0.2) is 4.79 Å². The Kier molecular flexibility index (Phi) is 7.65. The molecule has 2 aromatic carbocycles. The molecule has 0 N–H and O–H groups in total. The van der Waals surface area contributed by atoms with Gasteiger partial charge in [0.15, 0.2) is 5.78 Å². The van der Waals surface area contributed by atoms with Gasteiger partial charge in [-0.1, -0.05) is 18.2 Å². The zero-order valence-corrected chi connectivity index (χ0v) is 23.8. The number of hydrogen-bond acceptors (Lipinski definition) is 5. The number of carbonyl (C=O) groups is 4. The number of ketones is 1. The van der Waals surface area contributed by atoms with Crippen molar-refractivity contribution in [1.29, 1.82) is 5.26 Å². The second kappa shape index (κ2) is 11.4. The van der Waals surface area contributed by atoms with E-state index in [2.05, 4.69) is 0 Å². The van der Waals surface area contributed by atoms with Crippen LogP contribution < -0.4 is 4.90 Å². The summed E-state index contributed by atoms with van der Waals surface area (Å²) in [7, 11) is 0. The highest BCUT2D eigenvalue weighted by Gasteiger charge is 2.46. The number of halogens is 3. The lowest BCUT2D eigenvalue weighted by molar-refractivity contribution is -0.146. The van der Waals surface area contributed by atoms with Crippen molar-refractivity contribution in [3.8, 4) is 6.07 Å². The van der Waals surface area contributed by atoms with Crippen LogP contribution in [-0.2, 0) is 20.6 Å². The molecule has 6 rings (SSSR count). The Hall–Kier alpha value is -4.66. The number of allylic oxidation sites excluding steroid dienone is 1. The number of piperazine rings is 1. The lowest BCUT2D eigenvalue weighted by Gasteiger charge is -2.47. The third-order valence-electron chi connectivity index (χ3n) is 8.90. The Balaban J connectivity index is 1.42. The summed E-state index contributed by atoms with van der Waals surface area (Å²) in [5.41, 5.74) is 0.472. The number of hydrogen-bond donors (Lipinski definition) is 0. The minimum absolute atomic E-state index is 0.0444. The Morgan fingerprint density at radius 2 is 1.75 bits per heavy atom. The number of Topliss-reactive ketones (excluding diaryl/α,β-unsaturated/α-hetero) is 1. The third kappa shape index (κ3) is 5.31. The van der Waals surface area contributed by atoms with E-state index in [-0.39, 0.29) is 54.3 Å². The molecule has 0 saturated carbocycles. The Morgan fingerprint density at radius 1 is 0.977 bits per heavy atom. The predicted molar refractivity (Wildman–Crippen MR) is 152 cm³/mol. The maximum atomic E-state index is 14.4. The molecule has 2 fully saturated rings.